The molecule has 1 aliphatic rings. The molecular weight excluding hydrogens is 248 g/mol. The van der Waals surface area contributed by atoms with Gasteiger partial charge < -0.3 is 10.1 Å². The zero-order chi connectivity index (χ0) is 13.8. The summed E-state index contributed by atoms with van der Waals surface area (Å²) in [7, 11) is 0. The molecule has 1 aliphatic heterocycles. The second-order valence-electron chi connectivity index (χ2n) is 4.78. The van der Waals surface area contributed by atoms with Gasteiger partial charge in [-0.15, -0.1) is 0 Å². The number of ether oxygens (including phenoxy) is 1. The van der Waals surface area contributed by atoms with Crippen molar-refractivity contribution in [2.75, 3.05) is 18.5 Å². The molecule has 1 N–H and O–H groups in total. The lowest BCUT2D eigenvalue weighted by Gasteiger charge is -2.12. The Morgan fingerprint density at radius 2 is 2.42 bits per heavy atom. The Hall–Kier alpha value is -1.63. The Bertz CT molecular complexity index is 452. The number of aryl methyl sites for hydroxylation is 2. The van der Waals surface area contributed by atoms with Crippen LogP contribution in [0.15, 0.2) is 0 Å². The fourth-order valence-electron chi connectivity index (χ4n) is 2.36. The quantitative estimate of drug-likeness (QED) is 0.631. The highest BCUT2D eigenvalue weighted by molar-refractivity contribution is 5.59. The highest BCUT2D eigenvalue weighted by Crippen LogP contribution is 2.28. The van der Waals surface area contributed by atoms with Crippen LogP contribution in [0.25, 0.3) is 0 Å². The summed E-state index contributed by atoms with van der Waals surface area (Å²) in [6.07, 6.45) is 3.08. The summed E-state index contributed by atoms with van der Waals surface area (Å²) in [5.41, 5.74) is 0.528. The van der Waals surface area contributed by atoms with Gasteiger partial charge in [-0.05, 0) is 26.2 Å². The largest absolute Gasteiger partial charge is 0.376 e. The van der Waals surface area contributed by atoms with Crippen molar-refractivity contribution >= 4 is 11.5 Å². The van der Waals surface area contributed by atoms with E-state index in [2.05, 4.69) is 10.4 Å². The molecule has 0 amide bonds. The molecule has 2 rings (SSSR count). The van der Waals surface area contributed by atoms with E-state index in [1.807, 2.05) is 6.92 Å². The Morgan fingerprint density at radius 1 is 1.63 bits per heavy atom. The maximum absolute atomic E-state index is 11.1. The highest BCUT2D eigenvalue weighted by atomic mass is 16.6. The van der Waals surface area contributed by atoms with E-state index < -0.39 is 0 Å². The van der Waals surface area contributed by atoms with Gasteiger partial charge in [-0.1, -0.05) is 6.92 Å². The number of rotatable bonds is 6. The third kappa shape index (κ3) is 3.04. The molecule has 1 aromatic heterocycles. The predicted molar refractivity (Wildman–Crippen MR) is 71.4 cm³/mol. The lowest BCUT2D eigenvalue weighted by atomic mass is 10.2. The summed E-state index contributed by atoms with van der Waals surface area (Å²) in [5.74, 6) is 0.500. The minimum absolute atomic E-state index is 0.0754. The molecule has 0 radical (unpaired) electrons. The van der Waals surface area contributed by atoms with E-state index >= 15 is 0 Å². The van der Waals surface area contributed by atoms with Gasteiger partial charge in [0, 0.05) is 19.7 Å². The van der Waals surface area contributed by atoms with Crippen molar-refractivity contribution < 1.29 is 9.66 Å². The average molecular weight is 268 g/mol. The van der Waals surface area contributed by atoms with Crippen LogP contribution in [0.5, 0.6) is 0 Å². The van der Waals surface area contributed by atoms with E-state index in [1.165, 1.54) is 0 Å². The molecule has 1 unspecified atom stereocenters. The first-order chi connectivity index (χ1) is 9.13. The molecule has 0 spiro atoms. The molecule has 0 aromatic carbocycles. The minimum atomic E-state index is -0.369. The zero-order valence-corrected chi connectivity index (χ0v) is 11.4. The molecule has 2 heterocycles. The number of aromatic nitrogens is 2. The number of anilines is 1. The van der Waals surface area contributed by atoms with Gasteiger partial charge in [-0.2, -0.15) is 5.10 Å². The van der Waals surface area contributed by atoms with Crippen LogP contribution < -0.4 is 5.32 Å². The summed E-state index contributed by atoms with van der Waals surface area (Å²) in [5, 5.41) is 18.5. The van der Waals surface area contributed by atoms with Crippen molar-refractivity contribution in [2.24, 2.45) is 0 Å². The molecule has 1 saturated heterocycles. The van der Waals surface area contributed by atoms with Gasteiger partial charge in [0.25, 0.3) is 0 Å². The normalized spacial score (nSPS) is 18.7. The van der Waals surface area contributed by atoms with Crippen molar-refractivity contribution in [1.82, 2.24) is 9.78 Å². The summed E-state index contributed by atoms with van der Waals surface area (Å²) in [4.78, 5) is 10.8. The number of nitrogens with zero attached hydrogens (tertiary/aromatic N) is 3. The topological polar surface area (TPSA) is 82.2 Å². The van der Waals surface area contributed by atoms with Crippen LogP contribution in [0.2, 0.25) is 0 Å². The van der Waals surface area contributed by atoms with Crippen LogP contribution in [0.1, 0.15) is 31.9 Å². The minimum Gasteiger partial charge on any atom is -0.376 e. The van der Waals surface area contributed by atoms with Crippen LogP contribution in [-0.4, -0.2) is 34.0 Å². The molecule has 7 heteroatoms. The second kappa shape index (κ2) is 6.01. The van der Waals surface area contributed by atoms with Gasteiger partial charge in [-0.3, -0.25) is 10.1 Å². The molecule has 1 fully saturated rings. The van der Waals surface area contributed by atoms with Crippen molar-refractivity contribution in [3.63, 3.8) is 0 Å². The summed E-state index contributed by atoms with van der Waals surface area (Å²) in [6, 6.07) is 0. The standard InChI is InChI=1S/C12H20N4O3/c1-3-6-15-12(11(16(17)18)9(2)14-15)13-8-10-5-4-7-19-10/h10,13H,3-8H2,1-2H3. The predicted octanol–water partition coefficient (Wildman–Crippen LogP) is 2.10. The molecule has 0 saturated carbocycles. The maximum Gasteiger partial charge on any atom is 0.333 e. The van der Waals surface area contributed by atoms with Crippen LogP contribution in [0.4, 0.5) is 11.5 Å². The molecule has 1 aromatic rings. The fraction of sp³-hybridized carbons (Fsp3) is 0.750. The summed E-state index contributed by atoms with van der Waals surface area (Å²) < 4.78 is 7.20. The van der Waals surface area contributed by atoms with Gasteiger partial charge in [-0.25, -0.2) is 4.68 Å². The van der Waals surface area contributed by atoms with Crippen LogP contribution in [0.3, 0.4) is 0 Å². The smallest absolute Gasteiger partial charge is 0.333 e. The van der Waals surface area contributed by atoms with Crippen molar-refractivity contribution in [3.8, 4) is 0 Å². The van der Waals surface area contributed by atoms with Crippen LogP contribution >= 0.6 is 0 Å². The molecule has 0 bridgehead atoms. The molecule has 7 nitrogen and oxygen atoms in total. The Labute approximate surface area is 112 Å². The van der Waals surface area contributed by atoms with Crippen molar-refractivity contribution in [2.45, 2.75) is 45.8 Å². The molecule has 19 heavy (non-hydrogen) atoms. The Morgan fingerprint density at radius 3 is 3.00 bits per heavy atom. The number of hydrogen-bond acceptors (Lipinski definition) is 5. The van der Waals surface area contributed by atoms with E-state index in [9.17, 15) is 10.1 Å². The number of nitrogens with one attached hydrogen (secondary N) is 1. The second-order valence-corrected chi connectivity index (χ2v) is 4.78. The number of nitro groups is 1. The van der Waals surface area contributed by atoms with Crippen molar-refractivity contribution in [1.29, 1.82) is 0 Å². The van der Waals surface area contributed by atoms with Gasteiger partial charge in [0.1, 0.15) is 5.69 Å². The van der Waals surface area contributed by atoms with Crippen LogP contribution in [0, 0.1) is 17.0 Å². The lowest BCUT2D eigenvalue weighted by Crippen LogP contribution is -2.20. The first kappa shape index (κ1) is 13.8. The van der Waals surface area contributed by atoms with E-state index in [1.54, 1.807) is 11.6 Å². The third-order valence-corrected chi connectivity index (χ3v) is 3.23. The fourth-order valence-corrected chi connectivity index (χ4v) is 2.36. The Kier molecular flexibility index (Phi) is 4.36. The zero-order valence-electron chi connectivity index (χ0n) is 11.4. The van der Waals surface area contributed by atoms with Gasteiger partial charge >= 0.3 is 5.69 Å². The molecule has 106 valence electrons. The van der Waals surface area contributed by atoms with Crippen molar-refractivity contribution in [3.05, 3.63) is 15.8 Å². The summed E-state index contributed by atoms with van der Waals surface area (Å²) in [6.45, 7) is 5.73. The van der Waals surface area contributed by atoms with Crippen LogP contribution in [-0.2, 0) is 11.3 Å². The number of hydrogen-bond donors (Lipinski definition) is 1. The average Bonchev–Trinajstić information content (AvgIpc) is 2.95. The molecule has 0 aliphatic carbocycles. The lowest BCUT2D eigenvalue weighted by molar-refractivity contribution is -0.384. The molecular formula is C12H20N4O3. The first-order valence-corrected chi connectivity index (χ1v) is 6.70. The van der Waals surface area contributed by atoms with Gasteiger partial charge in [0.15, 0.2) is 0 Å². The van der Waals surface area contributed by atoms with Gasteiger partial charge in [0.2, 0.25) is 5.82 Å². The van der Waals surface area contributed by atoms with E-state index in [-0.39, 0.29) is 16.7 Å². The first-order valence-electron chi connectivity index (χ1n) is 6.70. The van der Waals surface area contributed by atoms with E-state index in [0.29, 0.717) is 24.6 Å². The Balaban J connectivity index is 2.16. The molecule has 1 atom stereocenters. The monoisotopic (exact) mass is 268 g/mol. The highest BCUT2D eigenvalue weighted by Gasteiger charge is 2.26. The van der Waals surface area contributed by atoms with E-state index in [0.717, 1.165) is 25.9 Å². The maximum atomic E-state index is 11.1. The van der Waals surface area contributed by atoms with Gasteiger partial charge in [0.05, 0.1) is 11.0 Å². The van der Waals surface area contributed by atoms with E-state index in [4.69, 9.17) is 4.74 Å². The SMILES string of the molecule is CCCn1nc(C)c([N+](=O)[O-])c1NCC1CCCO1. The summed E-state index contributed by atoms with van der Waals surface area (Å²) >= 11 is 0. The third-order valence-electron chi connectivity index (χ3n) is 3.23.